The Bertz CT molecular complexity index is 1450. The van der Waals surface area contributed by atoms with Crippen LogP contribution in [0.15, 0.2) is 48.5 Å². The minimum Gasteiger partial charge on any atom is -0.354 e. The number of carbonyl (C=O) groups is 1. The lowest BCUT2D eigenvalue weighted by Crippen LogP contribution is -2.35. The van der Waals surface area contributed by atoms with E-state index in [0.717, 1.165) is 71.8 Å². The van der Waals surface area contributed by atoms with Crippen LogP contribution >= 0.6 is 0 Å². The molecule has 0 aliphatic carbocycles. The van der Waals surface area contributed by atoms with Crippen LogP contribution in [0, 0.1) is 12.7 Å². The van der Waals surface area contributed by atoms with Gasteiger partial charge in [0, 0.05) is 37.7 Å². The van der Waals surface area contributed by atoms with Crippen LogP contribution in [0.5, 0.6) is 0 Å². The van der Waals surface area contributed by atoms with E-state index in [9.17, 15) is 9.18 Å². The molecular formula is C31H37FN6O. The average Bonchev–Trinajstić information content (AvgIpc) is 3.12. The fourth-order valence-corrected chi connectivity index (χ4v) is 5.35. The number of aryl methyl sites for hydroxylation is 2. The summed E-state index contributed by atoms with van der Waals surface area (Å²) in [4.78, 5) is 27.6. The van der Waals surface area contributed by atoms with Crippen LogP contribution in [-0.2, 0) is 6.42 Å². The standard InChI is InChI=1S/C31H37FN6O/c1-5-8-21(3)28-33-29(27-22(4)35-38(30(27)34-28)26-15-13-25(32)14-16-26)36-17-7-18-37(20-19-36)31(39)24-11-9-23(6-2)10-12-24/h9-16,21H,5-8,17-20H2,1-4H3/t21-/m0/s1. The molecule has 0 unspecified atom stereocenters. The molecule has 1 aliphatic rings. The average molecular weight is 529 g/mol. The zero-order chi connectivity index (χ0) is 27.5. The smallest absolute Gasteiger partial charge is 0.253 e. The van der Waals surface area contributed by atoms with Crippen molar-refractivity contribution in [1.82, 2.24) is 24.6 Å². The van der Waals surface area contributed by atoms with E-state index in [-0.39, 0.29) is 17.6 Å². The number of amides is 1. The molecule has 0 saturated carbocycles. The van der Waals surface area contributed by atoms with Crippen LogP contribution in [0.25, 0.3) is 16.7 Å². The van der Waals surface area contributed by atoms with Gasteiger partial charge in [-0.05, 0) is 68.1 Å². The molecular weight excluding hydrogens is 491 g/mol. The molecule has 0 N–H and O–H groups in total. The Kier molecular flexibility index (Phi) is 7.91. The monoisotopic (exact) mass is 528 g/mol. The summed E-state index contributed by atoms with van der Waals surface area (Å²) in [5.41, 5.74) is 4.28. The molecule has 2 aromatic heterocycles. The van der Waals surface area contributed by atoms with Crippen molar-refractivity contribution in [2.75, 3.05) is 31.1 Å². The van der Waals surface area contributed by atoms with Gasteiger partial charge in [-0.2, -0.15) is 5.10 Å². The fraction of sp³-hybridized carbons (Fsp3) is 0.419. The molecule has 4 aromatic rings. The highest BCUT2D eigenvalue weighted by molar-refractivity contribution is 5.94. The first kappa shape index (κ1) is 26.8. The van der Waals surface area contributed by atoms with Crippen molar-refractivity contribution in [3.8, 4) is 5.69 Å². The zero-order valence-electron chi connectivity index (χ0n) is 23.3. The Balaban J connectivity index is 1.50. The maximum Gasteiger partial charge on any atom is 0.253 e. The van der Waals surface area contributed by atoms with Gasteiger partial charge in [-0.1, -0.05) is 39.3 Å². The van der Waals surface area contributed by atoms with Crippen molar-refractivity contribution in [2.24, 2.45) is 0 Å². The Morgan fingerprint density at radius 2 is 1.72 bits per heavy atom. The first-order valence-electron chi connectivity index (χ1n) is 14.1. The van der Waals surface area contributed by atoms with Crippen LogP contribution < -0.4 is 4.90 Å². The Labute approximate surface area is 229 Å². The van der Waals surface area contributed by atoms with Crippen molar-refractivity contribution < 1.29 is 9.18 Å². The number of rotatable bonds is 7. The van der Waals surface area contributed by atoms with Gasteiger partial charge in [-0.25, -0.2) is 19.0 Å². The van der Waals surface area contributed by atoms with Gasteiger partial charge >= 0.3 is 0 Å². The van der Waals surface area contributed by atoms with Gasteiger partial charge in [0.15, 0.2) is 5.65 Å². The molecule has 3 heterocycles. The van der Waals surface area contributed by atoms with Crippen LogP contribution in [-0.4, -0.2) is 56.7 Å². The molecule has 2 aromatic carbocycles. The topological polar surface area (TPSA) is 67.2 Å². The number of benzene rings is 2. The number of anilines is 1. The third-order valence-corrected chi connectivity index (χ3v) is 7.63. The van der Waals surface area contributed by atoms with Crippen LogP contribution in [0.4, 0.5) is 10.2 Å². The first-order chi connectivity index (χ1) is 18.9. The first-order valence-corrected chi connectivity index (χ1v) is 14.1. The quantitative estimate of drug-likeness (QED) is 0.291. The maximum atomic E-state index is 13.7. The number of aromatic nitrogens is 4. The molecule has 1 fully saturated rings. The molecule has 1 aliphatic heterocycles. The van der Waals surface area contributed by atoms with E-state index in [4.69, 9.17) is 15.1 Å². The van der Waals surface area contributed by atoms with E-state index in [1.165, 1.54) is 17.7 Å². The lowest BCUT2D eigenvalue weighted by molar-refractivity contribution is 0.0767. The van der Waals surface area contributed by atoms with Crippen molar-refractivity contribution in [2.45, 2.75) is 59.3 Å². The predicted octanol–water partition coefficient (Wildman–Crippen LogP) is 6.08. The van der Waals surface area contributed by atoms with E-state index in [1.807, 2.05) is 36.1 Å². The van der Waals surface area contributed by atoms with E-state index >= 15 is 0 Å². The highest BCUT2D eigenvalue weighted by Gasteiger charge is 2.26. The Hall–Kier alpha value is -3.81. The summed E-state index contributed by atoms with van der Waals surface area (Å²) in [5.74, 6) is 1.63. The summed E-state index contributed by atoms with van der Waals surface area (Å²) < 4.78 is 15.5. The number of hydrogen-bond donors (Lipinski definition) is 0. The Morgan fingerprint density at radius 1 is 0.974 bits per heavy atom. The van der Waals surface area contributed by atoms with E-state index in [1.54, 1.807) is 16.8 Å². The summed E-state index contributed by atoms with van der Waals surface area (Å²) in [6.45, 7) is 11.2. The highest BCUT2D eigenvalue weighted by Crippen LogP contribution is 2.32. The highest BCUT2D eigenvalue weighted by atomic mass is 19.1. The minimum atomic E-state index is -0.288. The van der Waals surface area contributed by atoms with Crippen molar-refractivity contribution in [3.05, 3.63) is 77.0 Å². The number of carbonyl (C=O) groups excluding carboxylic acids is 1. The third kappa shape index (κ3) is 5.51. The van der Waals surface area contributed by atoms with E-state index in [0.29, 0.717) is 19.6 Å². The van der Waals surface area contributed by atoms with Crippen molar-refractivity contribution in [1.29, 1.82) is 0 Å². The molecule has 39 heavy (non-hydrogen) atoms. The molecule has 7 nitrogen and oxygen atoms in total. The molecule has 0 spiro atoms. The Morgan fingerprint density at radius 3 is 2.41 bits per heavy atom. The second-order valence-corrected chi connectivity index (χ2v) is 10.5. The van der Waals surface area contributed by atoms with Gasteiger partial charge in [0.25, 0.3) is 5.91 Å². The second-order valence-electron chi connectivity index (χ2n) is 10.5. The molecule has 1 saturated heterocycles. The van der Waals surface area contributed by atoms with Gasteiger partial charge < -0.3 is 9.80 Å². The van der Waals surface area contributed by atoms with Gasteiger partial charge in [0.1, 0.15) is 17.5 Å². The van der Waals surface area contributed by atoms with Gasteiger partial charge in [-0.3, -0.25) is 4.79 Å². The van der Waals surface area contributed by atoms with Crippen molar-refractivity contribution >= 4 is 22.8 Å². The van der Waals surface area contributed by atoms with Crippen LogP contribution in [0.2, 0.25) is 0 Å². The predicted molar refractivity (Wildman–Crippen MR) is 153 cm³/mol. The van der Waals surface area contributed by atoms with E-state index < -0.39 is 0 Å². The van der Waals surface area contributed by atoms with Gasteiger partial charge in [0.05, 0.1) is 16.8 Å². The second kappa shape index (κ2) is 11.5. The largest absolute Gasteiger partial charge is 0.354 e. The molecule has 1 atom stereocenters. The molecule has 0 radical (unpaired) electrons. The minimum absolute atomic E-state index is 0.0740. The van der Waals surface area contributed by atoms with Gasteiger partial charge in [0.2, 0.25) is 0 Å². The lowest BCUT2D eigenvalue weighted by Gasteiger charge is -2.24. The van der Waals surface area contributed by atoms with Crippen LogP contribution in [0.1, 0.15) is 73.4 Å². The van der Waals surface area contributed by atoms with Crippen LogP contribution in [0.3, 0.4) is 0 Å². The summed E-state index contributed by atoms with van der Waals surface area (Å²) in [7, 11) is 0. The zero-order valence-corrected chi connectivity index (χ0v) is 23.3. The number of nitrogens with zero attached hydrogens (tertiary/aromatic N) is 6. The number of halogens is 1. The number of hydrogen-bond acceptors (Lipinski definition) is 5. The molecule has 204 valence electrons. The molecule has 8 heteroatoms. The van der Waals surface area contributed by atoms with Crippen molar-refractivity contribution in [3.63, 3.8) is 0 Å². The fourth-order valence-electron chi connectivity index (χ4n) is 5.35. The molecule has 0 bridgehead atoms. The molecule has 5 rings (SSSR count). The summed E-state index contributed by atoms with van der Waals surface area (Å²) in [6, 6.07) is 14.3. The summed E-state index contributed by atoms with van der Waals surface area (Å²) in [5, 5.41) is 5.72. The van der Waals surface area contributed by atoms with Gasteiger partial charge in [-0.15, -0.1) is 0 Å². The SMILES string of the molecule is CCC[C@H](C)c1nc(N2CCCN(C(=O)c3ccc(CC)cc3)CC2)c2c(C)nn(-c3ccc(F)cc3)c2n1. The normalized spacial score (nSPS) is 15.0. The third-order valence-electron chi connectivity index (χ3n) is 7.63. The van der Waals surface area contributed by atoms with E-state index in [2.05, 4.69) is 25.7 Å². The summed E-state index contributed by atoms with van der Waals surface area (Å²) >= 11 is 0. The number of fused-ring (bicyclic) bond motifs is 1. The lowest BCUT2D eigenvalue weighted by atomic mass is 10.1. The maximum absolute atomic E-state index is 13.7. The summed E-state index contributed by atoms with van der Waals surface area (Å²) in [6.07, 6.45) is 3.81. The molecule has 1 amide bonds.